The van der Waals surface area contributed by atoms with E-state index >= 15 is 0 Å². The van der Waals surface area contributed by atoms with E-state index in [4.69, 9.17) is 16.9 Å². The van der Waals surface area contributed by atoms with Crippen LogP contribution < -0.4 is 0 Å². The quantitative estimate of drug-likeness (QED) is 0.544. The zero-order valence-electron chi connectivity index (χ0n) is 7.04. The first-order chi connectivity index (χ1) is 6.15. The van der Waals surface area contributed by atoms with Crippen LogP contribution in [0, 0.1) is 18.3 Å². The molecule has 0 amide bonds. The molecule has 0 aliphatic rings. The summed E-state index contributed by atoms with van der Waals surface area (Å²) in [7, 11) is 0. The van der Waals surface area contributed by atoms with Crippen LogP contribution in [0.1, 0.15) is 4.88 Å². The Balaban J connectivity index is 2.97. The van der Waals surface area contributed by atoms with Crippen molar-refractivity contribution in [2.45, 2.75) is 6.92 Å². The minimum Gasteiger partial charge on any atom is -0.234 e. The molecule has 0 aliphatic carbocycles. The van der Waals surface area contributed by atoms with E-state index in [1.54, 1.807) is 11.3 Å². The van der Waals surface area contributed by atoms with Gasteiger partial charge in [0.25, 0.3) is 0 Å². The van der Waals surface area contributed by atoms with Crippen LogP contribution in [-0.4, -0.2) is 5.17 Å². The van der Waals surface area contributed by atoms with E-state index in [1.807, 2.05) is 24.4 Å². The number of nitrogens with zero attached hydrogens (tertiary/aromatic N) is 2. The van der Waals surface area contributed by atoms with E-state index in [9.17, 15) is 0 Å². The second-order valence-electron chi connectivity index (χ2n) is 2.35. The third kappa shape index (κ3) is 2.41. The molecule has 2 nitrogen and oxygen atoms in total. The van der Waals surface area contributed by atoms with Gasteiger partial charge in [0.2, 0.25) is 0 Å². The van der Waals surface area contributed by atoms with Crippen molar-refractivity contribution in [3.63, 3.8) is 0 Å². The first-order valence-electron chi connectivity index (χ1n) is 3.53. The van der Waals surface area contributed by atoms with Crippen molar-refractivity contribution in [3.8, 4) is 6.07 Å². The molecule has 0 atom stereocenters. The number of halogens is 1. The predicted octanol–water partition coefficient (Wildman–Crippen LogP) is 3.41. The lowest BCUT2D eigenvalue weighted by Gasteiger charge is -1.93. The Labute approximate surface area is 85.8 Å². The molecule has 1 rings (SSSR count). The summed E-state index contributed by atoms with van der Waals surface area (Å²) in [5, 5.41) is 10.6. The molecule has 0 aliphatic heterocycles. The number of hydrogen-bond donors (Lipinski definition) is 0. The van der Waals surface area contributed by atoms with Crippen molar-refractivity contribution in [1.29, 1.82) is 5.26 Å². The molecule has 1 heterocycles. The fourth-order valence-corrected chi connectivity index (χ4v) is 1.48. The van der Waals surface area contributed by atoms with Crippen molar-refractivity contribution in [3.05, 3.63) is 28.5 Å². The van der Waals surface area contributed by atoms with Gasteiger partial charge in [-0.05, 0) is 18.4 Å². The third-order valence-electron chi connectivity index (χ3n) is 1.43. The van der Waals surface area contributed by atoms with Gasteiger partial charge in [0, 0.05) is 4.88 Å². The lowest BCUT2D eigenvalue weighted by atomic mass is 10.3. The van der Waals surface area contributed by atoms with E-state index < -0.39 is 0 Å². The second-order valence-corrected chi connectivity index (χ2v) is 3.83. The van der Waals surface area contributed by atoms with E-state index in [-0.39, 0.29) is 10.7 Å². The normalized spacial score (nSPS) is 11.0. The molecule has 0 spiro atoms. The molecule has 0 saturated heterocycles. The fraction of sp³-hybridized carbons (Fsp3) is 0.111. The Hall–Kier alpha value is -1.11. The smallest absolute Gasteiger partial charge is 0.146 e. The van der Waals surface area contributed by atoms with Crippen molar-refractivity contribution in [2.75, 3.05) is 0 Å². The predicted molar refractivity (Wildman–Crippen MR) is 56.8 cm³/mol. The van der Waals surface area contributed by atoms with Gasteiger partial charge >= 0.3 is 0 Å². The maximum Gasteiger partial charge on any atom is 0.146 e. The minimum atomic E-state index is 0.156. The summed E-state index contributed by atoms with van der Waals surface area (Å²) < 4.78 is 0. The molecule has 66 valence electrons. The molecule has 1 aromatic heterocycles. The summed E-state index contributed by atoms with van der Waals surface area (Å²) >= 11 is 7.31. The molecule has 13 heavy (non-hydrogen) atoms. The summed E-state index contributed by atoms with van der Waals surface area (Å²) in [6.07, 6.45) is 0. The maximum absolute atomic E-state index is 8.49. The highest BCUT2D eigenvalue weighted by molar-refractivity contribution is 7.10. The zero-order valence-corrected chi connectivity index (χ0v) is 8.61. The van der Waals surface area contributed by atoms with Crippen LogP contribution >= 0.6 is 22.9 Å². The molecule has 0 radical (unpaired) electrons. The summed E-state index contributed by atoms with van der Waals surface area (Å²) in [6, 6.07) is 3.70. The Morgan fingerprint density at radius 2 is 2.46 bits per heavy atom. The van der Waals surface area contributed by atoms with Gasteiger partial charge in [0.15, 0.2) is 0 Å². The topological polar surface area (TPSA) is 36.1 Å². The number of aliphatic imine (C=N–C) groups is 1. The van der Waals surface area contributed by atoms with E-state index in [0.29, 0.717) is 0 Å². The number of aryl methyl sites for hydroxylation is 1. The Bertz CT molecular complexity index is 398. The van der Waals surface area contributed by atoms with Crippen LogP contribution in [0.2, 0.25) is 0 Å². The molecule has 0 saturated carbocycles. The monoisotopic (exact) mass is 210 g/mol. The molecule has 0 unspecified atom stereocenters. The van der Waals surface area contributed by atoms with Gasteiger partial charge in [-0.25, -0.2) is 4.99 Å². The molecular weight excluding hydrogens is 204 g/mol. The van der Waals surface area contributed by atoms with Crippen LogP contribution in [0.5, 0.6) is 0 Å². The molecule has 0 bridgehead atoms. The van der Waals surface area contributed by atoms with Crippen molar-refractivity contribution >= 4 is 33.8 Å². The van der Waals surface area contributed by atoms with Gasteiger partial charge in [-0.15, -0.1) is 11.3 Å². The van der Waals surface area contributed by atoms with E-state index in [2.05, 4.69) is 11.6 Å². The van der Waals surface area contributed by atoms with Gasteiger partial charge in [-0.1, -0.05) is 18.2 Å². The maximum atomic E-state index is 8.49. The molecule has 0 fully saturated rings. The first-order valence-corrected chi connectivity index (χ1v) is 4.78. The van der Waals surface area contributed by atoms with Gasteiger partial charge in [0.1, 0.15) is 11.2 Å². The lowest BCUT2D eigenvalue weighted by molar-refractivity contribution is 1.48. The molecular formula is C9H7ClN2S. The van der Waals surface area contributed by atoms with Gasteiger partial charge in [0.05, 0.1) is 11.3 Å². The highest BCUT2D eigenvalue weighted by Gasteiger charge is 2.02. The average molecular weight is 211 g/mol. The average Bonchev–Trinajstić information content (AvgIpc) is 2.50. The first kappa shape index (κ1) is 9.97. The van der Waals surface area contributed by atoms with Crippen molar-refractivity contribution in [1.82, 2.24) is 0 Å². The number of rotatable bonds is 2. The highest BCUT2D eigenvalue weighted by atomic mass is 35.5. The SMILES string of the molecule is C=C(C#N)/C(Cl)=N\c1ccsc1C. The van der Waals surface area contributed by atoms with Gasteiger partial charge < -0.3 is 0 Å². The minimum absolute atomic E-state index is 0.156. The van der Waals surface area contributed by atoms with Crippen molar-refractivity contribution < 1.29 is 0 Å². The van der Waals surface area contributed by atoms with Crippen LogP contribution in [0.3, 0.4) is 0 Å². The molecule has 1 aromatic rings. The Morgan fingerprint density at radius 3 is 2.92 bits per heavy atom. The van der Waals surface area contributed by atoms with Crippen LogP contribution in [0.15, 0.2) is 28.6 Å². The summed E-state index contributed by atoms with van der Waals surface area (Å²) in [5.74, 6) is 0. The fourth-order valence-electron chi connectivity index (χ4n) is 0.714. The third-order valence-corrected chi connectivity index (χ3v) is 2.58. The number of allylic oxidation sites excluding steroid dienone is 1. The van der Waals surface area contributed by atoms with Crippen molar-refractivity contribution in [2.24, 2.45) is 4.99 Å². The molecule has 4 heteroatoms. The Kier molecular flexibility index (Phi) is 3.24. The van der Waals surface area contributed by atoms with E-state index in [0.717, 1.165) is 10.6 Å². The van der Waals surface area contributed by atoms with Gasteiger partial charge in [-0.3, -0.25) is 0 Å². The highest BCUT2D eigenvalue weighted by Crippen LogP contribution is 2.24. The Morgan fingerprint density at radius 1 is 1.77 bits per heavy atom. The van der Waals surface area contributed by atoms with Crippen LogP contribution in [-0.2, 0) is 0 Å². The lowest BCUT2D eigenvalue weighted by Crippen LogP contribution is -1.87. The zero-order chi connectivity index (χ0) is 9.84. The summed E-state index contributed by atoms with van der Waals surface area (Å²) in [4.78, 5) is 5.13. The summed E-state index contributed by atoms with van der Waals surface area (Å²) in [5.41, 5.74) is 0.985. The molecule has 0 aromatic carbocycles. The molecule has 0 N–H and O–H groups in total. The van der Waals surface area contributed by atoms with E-state index in [1.165, 1.54) is 0 Å². The van der Waals surface area contributed by atoms with Crippen LogP contribution in [0.25, 0.3) is 0 Å². The number of hydrogen-bond acceptors (Lipinski definition) is 3. The second kappa shape index (κ2) is 4.22. The number of thiophene rings is 1. The standard InChI is InChI=1S/C9H7ClN2S/c1-6(5-11)9(10)12-8-3-4-13-7(8)2/h3-4H,1H2,2H3/b12-9+. The summed E-state index contributed by atoms with van der Waals surface area (Å²) in [6.45, 7) is 5.41. The largest absolute Gasteiger partial charge is 0.234 e. The van der Waals surface area contributed by atoms with Crippen LogP contribution in [0.4, 0.5) is 5.69 Å². The van der Waals surface area contributed by atoms with Gasteiger partial charge in [-0.2, -0.15) is 5.26 Å². The number of nitriles is 1.